The van der Waals surface area contributed by atoms with Crippen molar-refractivity contribution in [3.8, 4) is 0 Å². The van der Waals surface area contributed by atoms with Crippen LogP contribution in [0.4, 0.5) is 5.69 Å². The van der Waals surface area contributed by atoms with Crippen molar-refractivity contribution < 1.29 is 19.1 Å². The molecule has 0 saturated carbocycles. The molecule has 0 spiro atoms. The van der Waals surface area contributed by atoms with E-state index in [-0.39, 0.29) is 30.8 Å². The van der Waals surface area contributed by atoms with Gasteiger partial charge in [-0.05, 0) is 37.6 Å². The molecule has 2 N–H and O–H groups in total. The van der Waals surface area contributed by atoms with Gasteiger partial charge in [-0.25, -0.2) is 4.79 Å². The van der Waals surface area contributed by atoms with Crippen LogP contribution in [0.1, 0.15) is 20.3 Å². The number of nitrogens with zero attached hydrogens (tertiary/aromatic N) is 1. The second kappa shape index (κ2) is 11.1. The number of anilines is 1. The summed E-state index contributed by atoms with van der Waals surface area (Å²) in [5, 5.41) is 6.05. The van der Waals surface area contributed by atoms with Gasteiger partial charge in [0.2, 0.25) is 11.8 Å². The predicted octanol–water partition coefficient (Wildman–Crippen LogP) is 2.57. The Kier molecular flexibility index (Phi) is 9.55. The van der Waals surface area contributed by atoms with Gasteiger partial charge in [-0.3, -0.25) is 14.5 Å². The van der Waals surface area contributed by atoms with Crippen molar-refractivity contribution >= 4 is 46.7 Å². The quantitative estimate of drug-likeness (QED) is 0.602. The lowest BCUT2D eigenvalue weighted by Crippen LogP contribution is -2.46. The maximum absolute atomic E-state index is 12.2. The second-order valence-corrected chi connectivity index (χ2v) is 7.44. The predicted molar refractivity (Wildman–Crippen MR) is 106 cm³/mol. The first-order valence-electron chi connectivity index (χ1n) is 8.43. The summed E-state index contributed by atoms with van der Waals surface area (Å²) in [5.74, 6) is -0.951. The van der Waals surface area contributed by atoms with Crippen LogP contribution in [0.3, 0.4) is 0 Å². The molecule has 1 rings (SSSR count). The fourth-order valence-electron chi connectivity index (χ4n) is 2.39. The number of amides is 2. The number of hydrogen-bond acceptors (Lipinski definition) is 5. The van der Waals surface area contributed by atoms with E-state index >= 15 is 0 Å². The molecule has 150 valence electrons. The van der Waals surface area contributed by atoms with Gasteiger partial charge in [-0.1, -0.05) is 37.0 Å². The van der Waals surface area contributed by atoms with Gasteiger partial charge in [-0.2, -0.15) is 0 Å². The van der Waals surface area contributed by atoms with E-state index in [2.05, 4.69) is 10.6 Å². The number of ether oxygens (including phenoxy) is 1. The van der Waals surface area contributed by atoms with Crippen molar-refractivity contribution in [1.82, 2.24) is 10.2 Å². The molecule has 27 heavy (non-hydrogen) atoms. The summed E-state index contributed by atoms with van der Waals surface area (Å²) in [6, 6.07) is 4.05. The highest BCUT2D eigenvalue weighted by Crippen LogP contribution is 2.24. The van der Waals surface area contributed by atoms with E-state index in [0.29, 0.717) is 22.2 Å². The Bertz CT molecular complexity index is 683. The first-order chi connectivity index (χ1) is 12.6. The Morgan fingerprint density at radius 2 is 1.74 bits per heavy atom. The van der Waals surface area contributed by atoms with Crippen LogP contribution < -0.4 is 10.6 Å². The maximum Gasteiger partial charge on any atom is 0.328 e. The molecule has 0 aliphatic heterocycles. The molecule has 7 nitrogen and oxygen atoms in total. The molecule has 0 radical (unpaired) electrons. The zero-order chi connectivity index (χ0) is 20.6. The molecular weight excluding hydrogens is 393 g/mol. The van der Waals surface area contributed by atoms with Gasteiger partial charge in [0.05, 0.1) is 30.2 Å². The van der Waals surface area contributed by atoms with Gasteiger partial charge < -0.3 is 15.4 Å². The lowest BCUT2D eigenvalue weighted by Gasteiger charge is -2.21. The first-order valence-corrected chi connectivity index (χ1v) is 9.18. The molecule has 0 aromatic heterocycles. The number of carbonyl (C=O) groups is 3. The van der Waals surface area contributed by atoms with Gasteiger partial charge in [-0.15, -0.1) is 0 Å². The molecular formula is C18H25Cl2N3O4. The number of nitrogens with one attached hydrogen (secondary N) is 2. The third kappa shape index (κ3) is 8.60. The summed E-state index contributed by atoms with van der Waals surface area (Å²) >= 11 is 11.7. The minimum Gasteiger partial charge on any atom is -0.467 e. The zero-order valence-electron chi connectivity index (χ0n) is 15.8. The van der Waals surface area contributed by atoms with Gasteiger partial charge in [0.15, 0.2) is 0 Å². The average molecular weight is 418 g/mol. The standard InChI is InChI=1S/C18H25Cl2N3O4/c1-11(2)7-15(18(26)27-4)22-17(25)10-23(3)9-16(24)21-12-5-6-13(19)14(20)8-12/h5-6,8,11,15H,7,9-10H2,1-4H3,(H,21,24)(H,22,25)/t15-/m1/s1. The Balaban J connectivity index is 2.52. The molecule has 1 atom stereocenters. The summed E-state index contributed by atoms with van der Waals surface area (Å²) in [7, 11) is 2.91. The zero-order valence-corrected chi connectivity index (χ0v) is 17.4. The Hall–Kier alpha value is -1.83. The van der Waals surface area contributed by atoms with Gasteiger partial charge in [0.1, 0.15) is 6.04 Å². The number of methoxy groups -OCH3 is 1. The highest BCUT2D eigenvalue weighted by molar-refractivity contribution is 6.42. The Morgan fingerprint density at radius 1 is 1.11 bits per heavy atom. The highest BCUT2D eigenvalue weighted by atomic mass is 35.5. The summed E-state index contributed by atoms with van der Waals surface area (Å²) in [6.07, 6.45) is 0.472. The van der Waals surface area contributed by atoms with Crippen LogP contribution in [-0.2, 0) is 19.1 Å². The van der Waals surface area contributed by atoms with Crippen LogP contribution in [0.2, 0.25) is 10.0 Å². The topological polar surface area (TPSA) is 87.7 Å². The average Bonchev–Trinajstić information content (AvgIpc) is 2.56. The summed E-state index contributed by atoms with van der Waals surface area (Å²) < 4.78 is 4.72. The first kappa shape index (κ1) is 23.2. The second-order valence-electron chi connectivity index (χ2n) is 6.62. The number of benzene rings is 1. The van der Waals surface area contributed by atoms with Crippen molar-refractivity contribution in [2.75, 3.05) is 32.6 Å². The molecule has 2 amide bonds. The summed E-state index contributed by atoms with van der Waals surface area (Å²) in [5.41, 5.74) is 0.509. The van der Waals surface area contributed by atoms with Gasteiger partial charge in [0.25, 0.3) is 0 Å². The van der Waals surface area contributed by atoms with Gasteiger partial charge >= 0.3 is 5.97 Å². The van der Waals surface area contributed by atoms with E-state index in [4.69, 9.17) is 27.9 Å². The van der Waals surface area contributed by atoms with Crippen LogP contribution in [0, 0.1) is 5.92 Å². The summed E-state index contributed by atoms with van der Waals surface area (Å²) in [4.78, 5) is 37.6. The number of esters is 1. The number of hydrogen-bond donors (Lipinski definition) is 2. The molecule has 9 heteroatoms. The minimum atomic E-state index is -0.707. The molecule has 0 unspecified atom stereocenters. The van der Waals surface area contributed by atoms with Crippen LogP contribution in [0.15, 0.2) is 18.2 Å². The molecule has 0 fully saturated rings. The normalized spacial score (nSPS) is 12.0. The van der Waals surface area contributed by atoms with E-state index in [9.17, 15) is 14.4 Å². The third-order valence-corrected chi connectivity index (χ3v) is 4.30. The SMILES string of the molecule is COC(=O)[C@@H](CC(C)C)NC(=O)CN(C)CC(=O)Nc1ccc(Cl)c(Cl)c1. The van der Waals surface area contributed by atoms with Crippen LogP contribution in [0.5, 0.6) is 0 Å². The largest absolute Gasteiger partial charge is 0.467 e. The summed E-state index contributed by atoms with van der Waals surface area (Å²) in [6.45, 7) is 3.84. The minimum absolute atomic E-state index is 0.0132. The third-order valence-electron chi connectivity index (χ3n) is 3.56. The van der Waals surface area contributed by atoms with Gasteiger partial charge in [0, 0.05) is 5.69 Å². The number of likely N-dealkylation sites (N-methyl/N-ethyl adjacent to an activating group) is 1. The lowest BCUT2D eigenvalue weighted by molar-refractivity contribution is -0.145. The highest BCUT2D eigenvalue weighted by Gasteiger charge is 2.23. The van der Waals surface area contributed by atoms with E-state index in [1.54, 1.807) is 25.2 Å². The fourth-order valence-corrected chi connectivity index (χ4v) is 2.69. The molecule has 1 aromatic rings. The monoisotopic (exact) mass is 417 g/mol. The molecule has 0 aliphatic rings. The molecule has 0 heterocycles. The van der Waals surface area contributed by atoms with E-state index in [1.807, 2.05) is 13.8 Å². The van der Waals surface area contributed by atoms with E-state index in [1.165, 1.54) is 12.0 Å². The van der Waals surface area contributed by atoms with Crippen molar-refractivity contribution in [2.45, 2.75) is 26.3 Å². The Labute approximate surface area is 169 Å². The lowest BCUT2D eigenvalue weighted by atomic mass is 10.0. The molecule has 0 bridgehead atoms. The van der Waals surface area contributed by atoms with Crippen LogP contribution in [-0.4, -0.2) is 56.0 Å². The smallest absolute Gasteiger partial charge is 0.328 e. The van der Waals surface area contributed by atoms with E-state index < -0.39 is 12.0 Å². The molecule has 0 aliphatic carbocycles. The van der Waals surface area contributed by atoms with Crippen LogP contribution in [0.25, 0.3) is 0 Å². The van der Waals surface area contributed by atoms with Crippen molar-refractivity contribution in [2.24, 2.45) is 5.92 Å². The van der Waals surface area contributed by atoms with Crippen molar-refractivity contribution in [1.29, 1.82) is 0 Å². The number of carbonyl (C=O) groups excluding carboxylic acids is 3. The molecule has 0 saturated heterocycles. The van der Waals surface area contributed by atoms with Crippen LogP contribution >= 0.6 is 23.2 Å². The van der Waals surface area contributed by atoms with Crippen molar-refractivity contribution in [3.63, 3.8) is 0 Å². The number of halogens is 2. The maximum atomic E-state index is 12.2. The fraction of sp³-hybridized carbons (Fsp3) is 0.500. The Morgan fingerprint density at radius 3 is 2.30 bits per heavy atom. The number of rotatable bonds is 9. The molecule has 1 aromatic carbocycles. The van der Waals surface area contributed by atoms with Crippen molar-refractivity contribution in [3.05, 3.63) is 28.2 Å². The van der Waals surface area contributed by atoms with E-state index in [0.717, 1.165) is 0 Å².